The van der Waals surface area contributed by atoms with Gasteiger partial charge in [0.1, 0.15) is 5.82 Å². The lowest BCUT2D eigenvalue weighted by atomic mass is 10.0. The van der Waals surface area contributed by atoms with Gasteiger partial charge in [-0.3, -0.25) is 10.1 Å². The van der Waals surface area contributed by atoms with Gasteiger partial charge in [0.05, 0.1) is 5.52 Å². The number of hydrogen-bond acceptors (Lipinski definition) is 5. The quantitative estimate of drug-likeness (QED) is 0.522. The summed E-state index contributed by atoms with van der Waals surface area (Å²) in [6.45, 7) is 0.801. The number of benzene rings is 1. The minimum Gasteiger partial charge on any atom is -0.382 e. The van der Waals surface area contributed by atoms with Crippen LogP contribution in [0.2, 0.25) is 0 Å². The number of aromatic nitrogens is 4. The number of nitrogens with two attached hydrogens (primary N) is 1. The second-order valence-electron chi connectivity index (χ2n) is 5.84. The van der Waals surface area contributed by atoms with Crippen molar-refractivity contribution in [3.63, 3.8) is 0 Å². The molecule has 6 nitrogen and oxygen atoms in total. The van der Waals surface area contributed by atoms with E-state index in [4.69, 9.17) is 5.73 Å². The molecule has 0 unspecified atom stereocenters. The summed E-state index contributed by atoms with van der Waals surface area (Å²) in [5, 5.41) is 11.3. The smallest absolute Gasteiger partial charge is 0.153 e. The fraction of sp³-hybridized carbons (Fsp3) is 0.105. The van der Waals surface area contributed by atoms with Gasteiger partial charge in [0.2, 0.25) is 0 Å². The van der Waals surface area contributed by atoms with Crippen LogP contribution in [0, 0.1) is 0 Å². The van der Waals surface area contributed by atoms with Crippen LogP contribution in [0.25, 0.3) is 22.0 Å². The van der Waals surface area contributed by atoms with E-state index in [9.17, 15) is 0 Å². The van der Waals surface area contributed by atoms with Crippen LogP contribution < -0.4 is 11.1 Å². The van der Waals surface area contributed by atoms with Gasteiger partial charge < -0.3 is 11.1 Å². The Bertz CT molecular complexity index is 993. The summed E-state index contributed by atoms with van der Waals surface area (Å²) in [5.41, 5.74) is 10.2. The topological polar surface area (TPSA) is 92.5 Å². The summed E-state index contributed by atoms with van der Waals surface area (Å²) in [6, 6.07) is 14.1. The first-order valence-corrected chi connectivity index (χ1v) is 8.12. The summed E-state index contributed by atoms with van der Waals surface area (Å²) in [4.78, 5) is 8.53. The number of aromatic amines is 1. The zero-order valence-electron chi connectivity index (χ0n) is 13.6. The van der Waals surface area contributed by atoms with Crippen molar-refractivity contribution < 1.29 is 0 Å². The molecule has 0 aliphatic carbocycles. The maximum atomic E-state index is 5.90. The average Bonchev–Trinajstić information content (AvgIpc) is 3.03. The molecule has 6 heteroatoms. The van der Waals surface area contributed by atoms with Crippen LogP contribution in [0.4, 0.5) is 11.6 Å². The lowest BCUT2D eigenvalue weighted by Crippen LogP contribution is -2.06. The van der Waals surface area contributed by atoms with Crippen LogP contribution in [0.1, 0.15) is 5.56 Å². The predicted octanol–water partition coefficient (Wildman–Crippen LogP) is 3.26. The molecule has 25 heavy (non-hydrogen) atoms. The molecule has 0 atom stereocenters. The number of nitrogens with zero attached hydrogens (tertiary/aromatic N) is 3. The first-order valence-electron chi connectivity index (χ1n) is 8.12. The van der Waals surface area contributed by atoms with Gasteiger partial charge in [0, 0.05) is 30.5 Å². The van der Waals surface area contributed by atoms with Gasteiger partial charge >= 0.3 is 0 Å². The van der Waals surface area contributed by atoms with Crippen molar-refractivity contribution in [1.82, 2.24) is 20.2 Å². The van der Waals surface area contributed by atoms with E-state index in [-0.39, 0.29) is 0 Å². The van der Waals surface area contributed by atoms with Gasteiger partial charge in [-0.25, -0.2) is 4.98 Å². The molecule has 0 bridgehead atoms. The molecule has 0 radical (unpaired) electrons. The molecule has 0 aliphatic rings. The number of hydrogen-bond donors (Lipinski definition) is 3. The minimum absolute atomic E-state index is 0.515. The zero-order chi connectivity index (χ0) is 17.1. The monoisotopic (exact) mass is 330 g/mol. The molecule has 4 N–H and O–H groups in total. The summed E-state index contributed by atoms with van der Waals surface area (Å²) in [5.74, 6) is 1.36. The third-order valence-electron chi connectivity index (χ3n) is 4.13. The Labute approximate surface area is 145 Å². The highest BCUT2D eigenvalue weighted by Gasteiger charge is 2.06. The van der Waals surface area contributed by atoms with E-state index in [1.165, 1.54) is 5.56 Å². The van der Waals surface area contributed by atoms with Gasteiger partial charge in [0.25, 0.3) is 0 Å². The van der Waals surface area contributed by atoms with Gasteiger partial charge in [0.15, 0.2) is 5.82 Å². The Kier molecular flexibility index (Phi) is 4.00. The molecule has 4 aromatic rings. The van der Waals surface area contributed by atoms with E-state index in [2.05, 4.69) is 37.6 Å². The van der Waals surface area contributed by atoms with E-state index >= 15 is 0 Å². The van der Waals surface area contributed by atoms with Crippen molar-refractivity contribution in [1.29, 1.82) is 0 Å². The van der Waals surface area contributed by atoms with Crippen molar-refractivity contribution in [2.45, 2.75) is 6.42 Å². The van der Waals surface area contributed by atoms with Gasteiger partial charge in [-0.1, -0.05) is 12.1 Å². The second-order valence-corrected chi connectivity index (χ2v) is 5.84. The molecule has 0 aliphatic heterocycles. The van der Waals surface area contributed by atoms with E-state index < -0.39 is 0 Å². The van der Waals surface area contributed by atoms with E-state index in [1.54, 1.807) is 6.20 Å². The molecular formula is C19H18N6. The molecule has 4 rings (SSSR count). The van der Waals surface area contributed by atoms with Gasteiger partial charge in [-0.15, -0.1) is 0 Å². The highest BCUT2D eigenvalue weighted by molar-refractivity contribution is 5.92. The van der Waals surface area contributed by atoms with Gasteiger partial charge in [-0.2, -0.15) is 5.10 Å². The third-order valence-corrected chi connectivity index (χ3v) is 4.13. The number of pyridine rings is 2. The molecule has 0 amide bonds. The van der Waals surface area contributed by atoms with Crippen LogP contribution in [-0.2, 0) is 6.42 Å². The molecule has 1 aromatic carbocycles. The number of fused-ring (bicyclic) bond motifs is 1. The van der Waals surface area contributed by atoms with Crippen LogP contribution in [0.15, 0.2) is 61.1 Å². The molecule has 0 fully saturated rings. The first kappa shape index (κ1) is 15.1. The Hall–Kier alpha value is -3.41. The van der Waals surface area contributed by atoms with E-state index in [0.717, 1.165) is 40.8 Å². The van der Waals surface area contributed by atoms with Crippen LogP contribution >= 0.6 is 0 Å². The molecule has 0 spiro atoms. The number of nitrogen functional groups attached to an aromatic ring is 1. The molecule has 0 saturated carbocycles. The molecule has 124 valence electrons. The normalized spacial score (nSPS) is 10.9. The number of rotatable bonds is 5. The number of nitrogens with one attached hydrogen (secondary N) is 2. The van der Waals surface area contributed by atoms with Crippen molar-refractivity contribution in [3.05, 3.63) is 66.6 Å². The third kappa shape index (κ3) is 3.28. The lowest BCUT2D eigenvalue weighted by Gasteiger charge is -2.08. The zero-order valence-corrected chi connectivity index (χ0v) is 13.6. The Morgan fingerprint density at radius 3 is 2.84 bits per heavy atom. The summed E-state index contributed by atoms with van der Waals surface area (Å²) in [6.07, 6.45) is 6.38. The molecule has 0 saturated heterocycles. The van der Waals surface area contributed by atoms with Crippen molar-refractivity contribution in [3.8, 4) is 11.1 Å². The Morgan fingerprint density at radius 2 is 1.96 bits per heavy atom. The predicted molar refractivity (Wildman–Crippen MR) is 100 cm³/mol. The largest absolute Gasteiger partial charge is 0.382 e. The number of H-pyrrole nitrogens is 1. The Morgan fingerprint density at radius 1 is 1.04 bits per heavy atom. The van der Waals surface area contributed by atoms with E-state index in [1.807, 2.05) is 42.7 Å². The molecule has 3 heterocycles. The first-order chi connectivity index (χ1) is 12.3. The van der Waals surface area contributed by atoms with Gasteiger partial charge in [-0.05, 0) is 53.4 Å². The lowest BCUT2D eigenvalue weighted by molar-refractivity contribution is 0.994. The second kappa shape index (κ2) is 6.60. The van der Waals surface area contributed by atoms with Crippen molar-refractivity contribution in [2.24, 2.45) is 0 Å². The maximum absolute atomic E-state index is 5.90. The molecule has 3 aromatic heterocycles. The van der Waals surface area contributed by atoms with Crippen molar-refractivity contribution >= 4 is 22.5 Å². The fourth-order valence-corrected chi connectivity index (χ4v) is 2.80. The van der Waals surface area contributed by atoms with Crippen molar-refractivity contribution in [2.75, 3.05) is 17.6 Å². The summed E-state index contributed by atoms with van der Waals surface area (Å²) < 4.78 is 0. The average molecular weight is 330 g/mol. The standard InChI is InChI=1S/C19H18N6/c20-19-16-10-14(3-4-17(16)24-25-19)15-6-9-23-18(11-15)22-8-5-13-2-1-7-21-12-13/h1-4,6-7,9-12H,5,8H2,(H,22,23)(H3,20,24,25). The SMILES string of the molecule is Nc1n[nH]c2ccc(-c3ccnc(NCCc4cccnc4)c3)cc12. The van der Waals surface area contributed by atoms with E-state index in [0.29, 0.717) is 5.82 Å². The Balaban J connectivity index is 1.51. The summed E-state index contributed by atoms with van der Waals surface area (Å²) in [7, 11) is 0. The minimum atomic E-state index is 0.515. The van der Waals surface area contributed by atoms with Crippen LogP contribution in [0.5, 0.6) is 0 Å². The maximum Gasteiger partial charge on any atom is 0.153 e. The highest BCUT2D eigenvalue weighted by atomic mass is 15.1. The molecular weight excluding hydrogens is 312 g/mol. The van der Waals surface area contributed by atoms with Crippen LogP contribution in [-0.4, -0.2) is 26.7 Å². The highest BCUT2D eigenvalue weighted by Crippen LogP contribution is 2.27. The summed E-state index contributed by atoms with van der Waals surface area (Å²) >= 11 is 0. The fourth-order valence-electron chi connectivity index (χ4n) is 2.80. The number of anilines is 2. The van der Waals surface area contributed by atoms with Crippen LogP contribution in [0.3, 0.4) is 0 Å².